The molecule has 3 aromatic carbocycles. The molecule has 0 aliphatic heterocycles. The van der Waals surface area contributed by atoms with Gasteiger partial charge in [-0.3, -0.25) is 4.79 Å². The average Bonchev–Trinajstić information content (AvgIpc) is 2.86. The van der Waals surface area contributed by atoms with Crippen molar-refractivity contribution in [3.05, 3.63) is 98.4 Å². The topological polar surface area (TPSA) is 99.1 Å². The summed E-state index contributed by atoms with van der Waals surface area (Å²) in [5.41, 5.74) is 0.571. The second-order valence-corrected chi connectivity index (χ2v) is 7.91. The number of aromatic hydroxyl groups is 1. The lowest BCUT2D eigenvalue weighted by Crippen LogP contribution is -2.10. The molecule has 5 rings (SSSR count). The molecule has 0 bridgehead atoms. The molecule has 0 radical (unpaired) electrons. The fraction of sp³-hybridized carbons (Fsp3) is 0.111. The van der Waals surface area contributed by atoms with Crippen LogP contribution in [0.4, 0.5) is 4.39 Å². The first kappa shape index (κ1) is 22.2. The quantitative estimate of drug-likeness (QED) is 0.357. The summed E-state index contributed by atoms with van der Waals surface area (Å²) in [6.45, 7) is 0. The third-order valence-corrected chi connectivity index (χ3v) is 5.85. The van der Waals surface area contributed by atoms with E-state index in [-0.39, 0.29) is 45.4 Å². The number of halogens is 1. The molecule has 2 heterocycles. The van der Waals surface area contributed by atoms with E-state index < -0.39 is 16.9 Å². The Kier molecular flexibility index (Phi) is 5.49. The van der Waals surface area contributed by atoms with Crippen molar-refractivity contribution in [1.29, 1.82) is 0 Å². The third-order valence-electron chi connectivity index (χ3n) is 5.85. The molecule has 8 heteroatoms. The monoisotopic (exact) mass is 474 g/mol. The van der Waals surface area contributed by atoms with E-state index in [4.69, 9.17) is 18.3 Å². The standard InChI is InChI=1S/C27H19FO7/c1-32-23-7-4-14(11-24(23)33-2)18-9-15-3-6-21(29)19(26(15)35-27(18)31)10-16-13-34-22-8-5-17(28)12-20(22)25(16)30/h3-9,11-13,29H,10H2,1-2H3. The molecule has 7 nitrogen and oxygen atoms in total. The number of hydrogen-bond donors (Lipinski definition) is 1. The molecule has 0 aliphatic carbocycles. The van der Waals surface area contributed by atoms with Gasteiger partial charge in [-0.2, -0.15) is 0 Å². The first-order valence-corrected chi connectivity index (χ1v) is 10.6. The molecule has 2 aromatic heterocycles. The highest BCUT2D eigenvalue weighted by Gasteiger charge is 2.18. The molecule has 0 amide bonds. The molecule has 1 N–H and O–H groups in total. The molecular formula is C27H19FO7. The Morgan fingerprint density at radius 3 is 2.51 bits per heavy atom. The van der Waals surface area contributed by atoms with E-state index in [0.717, 1.165) is 6.07 Å². The van der Waals surface area contributed by atoms with Crippen LogP contribution in [-0.2, 0) is 6.42 Å². The summed E-state index contributed by atoms with van der Waals surface area (Å²) in [4.78, 5) is 25.9. The fourth-order valence-corrected chi connectivity index (χ4v) is 4.06. The van der Waals surface area contributed by atoms with Gasteiger partial charge in [-0.05, 0) is 54.1 Å². The third kappa shape index (κ3) is 3.89. The van der Waals surface area contributed by atoms with Gasteiger partial charge in [-0.25, -0.2) is 9.18 Å². The van der Waals surface area contributed by atoms with Crippen LogP contribution in [0.15, 0.2) is 79.3 Å². The van der Waals surface area contributed by atoms with Gasteiger partial charge >= 0.3 is 5.63 Å². The Labute approximate surface area is 197 Å². The maximum atomic E-state index is 13.7. The molecule has 0 fully saturated rings. The molecule has 5 aromatic rings. The predicted octanol–water partition coefficient (Wildman–Crippen LogP) is 5.02. The molecule has 0 unspecified atom stereocenters. The largest absolute Gasteiger partial charge is 0.508 e. The van der Waals surface area contributed by atoms with E-state index in [2.05, 4.69) is 0 Å². The SMILES string of the molecule is COc1ccc(-c2cc3ccc(O)c(Cc4coc5ccc(F)cc5c4=O)c3oc2=O)cc1OC. The Hall–Kier alpha value is -4.59. The van der Waals surface area contributed by atoms with E-state index in [0.29, 0.717) is 22.4 Å². The molecular weight excluding hydrogens is 455 g/mol. The number of hydrogen-bond acceptors (Lipinski definition) is 7. The number of phenols is 1. The van der Waals surface area contributed by atoms with Crippen LogP contribution in [0.25, 0.3) is 33.1 Å². The van der Waals surface area contributed by atoms with Gasteiger partial charge in [0.25, 0.3) is 0 Å². The number of rotatable bonds is 5. The number of phenolic OH excluding ortho intramolecular Hbond substituents is 1. The van der Waals surface area contributed by atoms with Crippen LogP contribution in [0.2, 0.25) is 0 Å². The average molecular weight is 474 g/mol. The maximum absolute atomic E-state index is 13.7. The first-order chi connectivity index (χ1) is 16.9. The highest BCUT2D eigenvalue weighted by Crippen LogP contribution is 2.34. The summed E-state index contributed by atoms with van der Waals surface area (Å²) in [6, 6.07) is 13.4. The fourth-order valence-electron chi connectivity index (χ4n) is 4.06. The van der Waals surface area contributed by atoms with Crippen molar-refractivity contribution in [1.82, 2.24) is 0 Å². The van der Waals surface area contributed by atoms with Gasteiger partial charge in [-0.15, -0.1) is 0 Å². The molecule has 0 saturated carbocycles. The molecule has 0 spiro atoms. The van der Waals surface area contributed by atoms with E-state index in [1.54, 1.807) is 30.3 Å². The number of fused-ring (bicyclic) bond motifs is 2. The zero-order valence-electron chi connectivity index (χ0n) is 18.8. The Morgan fingerprint density at radius 1 is 0.943 bits per heavy atom. The summed E-state index contributed by atoms with van der Waals surface area (Å²) < 4.78 is 35.4. The van der Waals surface area contributed by atoms with Gasteiger partial charge in [-0.1, -0.05) is 6.07 Å². The lowest BCUT2D eigenvalue weighted by Gasteiger charge is -2.11. The number of methoxy groups -OCH3 is 2. The van der Waals surface area contributed by atoms with Crippen molar-refractivity contribution in [3.63, 3.8) is 0 Å². The minimum absolute atomic E-state index is 0.0828. The summed E-state index contributed by atoms with van der Waals surface area (Å²) in [6.07, 6.45) is 1.17. The van der Waals surface area contributed by atoms with Crippen molar-refractivity contribution in [3.8, 4) is 28.4 Å². The second-order valence-electron chi connectivity index (χ2n) is 7.91. The van der Waals surface area contributed by atoms with Crippen molar-refractivity contribution < 1.29 is 27.8 Å². The zero-order chi connectivity index (χ0) is 24.7. The minimum atomic E-state index is -0.635. The van der Waals surface area contributed by atoms with Crippen molar-refractivity contribution >= 4 is 21.9 Å². The van der Waals surface area contributed by atoms with E-state index in [1.807, 2.05) is 0 Å². The highest BCUT2D eigenvalue weighted by molar-refractivity contribution is 5.86. The second kappa shape index (κ2) is 8.64. The Morgan fingerprint density at radius 2 is 1.74 bits per heavy atom. The van der Waals surface area contributed by atoms with Crippen LogP contribution in [-0.4, -0.2) is 19.3 Å². The molecule has 0 aliphatic rings. The van der Waals surface area contributed by atoms with E-state index in [9.17, 15) is 19.1 Å². The smallest absolute Gasteiger partial charge is 0.344 e. The van der Waals surface area contributed by atoms with Gasteiger partial charge in [0.2, 0.25) is 0 Å². The number of benzene rings is 3. The Bertz CT molecular complexity index is 1720. The molecule has 0 atom stereocenters. The molecule has 0 saturated heterocycles. The first-order valence-electron chi connectivity index (χ1n) is 10.6. The lowest BCUT2D eigenvalue weighted by atomic mass is 9.99. The van der Waals surface area contributed by atoms with E-state index in [1.165, 1.54) is 38.7 Å². The maximum Gasteiger partial charge on any atom is 0.344 e. The van der Waals surface area contributed by atoms with Gasteiger partial charge < -0.3 is 23.4 Å². The minimum Gasteiger partial charge on any atom is -0.508 e. The van der Waals surface area contributed by atoms with Crippen LogP contribution < -0.4 is 20.5 Å². The van der Waals surface area contributed by atoms with Crippen LogP contribution >= 0.6 is 0 Å². The van der Waals surface area contributed by atoms with Gasteiger partial charge in [0, 0.05) is 22.9 Å². The van der Waals surface area contributed by atoms with Gasteiger partial charge in [0.15, 0.2) is 16.9 Å². The zero-order valence-corrected chi connectivity index (χ0v) is 18.8. The summed E-state index contributed by atoms with van der Waals surface area (Å²) in [5, 5.41) is 11.2. The highest BCUT2D eigenvalue weighted by atomic mass is 19.1. The van der Waals surface area contributed by atoms with Gasteiger partial charge in [0.1, 0.15) is 22.7 Å². The van der Waals surface area contributed by atoms with Crippen LogP contribution in [0.5, 0.6) is 17.2 Å². The van der Waals surface area contributed by atoms with Crippen LogP contribution in [0.3, 0.4) is 0 Å². The summed E-state index contributed by atoms with van der Waals surface area (Å²) >= 11 is 0. The number of ether oxygens (including phenoxy) is 2. The molecule has 35 heavy (non-hydrogen) atoms. The van der Waals surface area contributed by atoms with Crippen LogP contribution in [0, 0.1) is 5.82 Å². The van der Waals surface area contributed by atoms with Crippen molar-refractivity contribution in [2.75, 3.05) is 14.2 Å². The van der Waals surface area contributed by atoms with E-state index >= 15 is 0 Å². The lowest BCUT2D eigenvalue weighted by molar-refractivity contribution is 0.355. The summed E-state index contributed by atoms with van der Waals surface area (Å²) in [5.74, 6) is 0.250. The summed E-state index contributed by atoms with van der Waals surface area (Å²) in [7, 11) is 3.01. The van der Waals surface area contributed by atoms with Crippen molar-refractivity contribution in [2.24, 2.45) is 0 Å². The molecule has 176 valence electrons. The van der Waals surface area contributed by atoms with Gasteiger partial charge in [0.05, 0.1) is 31.4 Å². The van der Waals surface area contributed by atoms with Crippen LogP contribution in [0.1, 0.15) is 11.1 Å². The Balaban J connectivity index is 1.63. The van der Waals surface area contributed by atoms with Crippen molar-refractivity contribution in [2.45, 2.75) is 6.42 Å². The normalized spacial score (nSPS) is 11.2. The predicted molar refractivity (Wildman–Crippen MR) is 128 cm³/mol.